The molecule has 2 aromatic rings. The smallest absolute Gasteiger partial charge is 0.315 e. The molecule has 1 fully saturated rings. The van der Waals surface area contributed by atoms with Gasteiger partial charge in [0.25, 0.3) is 0 Å². The minimum absolute atomic E-state index is 0.210. The molecule has 0 radical (unpaired) electrons. The summed E-state index contributed by atoms with van der Waals surface area (Å²) in [6.07, 6.45) is -3.37. The third-order valence-corrected chi connectivity index (χ3v) is 5.19. The highest BCUT2D eigenvalue weighted by Gasteiger charge is 2.32. The fourth-order valence-electron chi connectivity index (χ4n) is 3.29. The van der Waals surface area contributed by atoms with Gasteiger partial charge < -0.3 is 5.32 Å². The van der Waals surface area contributed by atoms with E-state index in [0.717, 1.165) is 48.7 Å². The van der Waals surface area contributed by atoms with Crippen molar-refractivity contribution in [2.45, 2.75) is 18.6 Å². The third kappa shape index (κ3) is 4.43. The van der Waals surface area contributed by atoms with Crippen molar-refractivity contribution in [3.63, 3.8) is 0 Å². The summed E-state index contributed by atoms with van der Waals surface area (Å²) in [4.78, 5) is 2.26. The molecule has 1 heterocycles. The maximum atomic E-state index is 13.2. The average Bonchev–Trinajstić information content (AvgIpc) is 2.86. The highest BCUT2D eigenvalue weighted by molar-refractivity contribution is 9.10. The quantitative estimate of drug-likeness (QED) is 0.774. The summed E-state index contributed by atoms with van der Waals surface area (Å²) >= 11 is 3.57. The molecule has 134 valence electrons. The zero-order chi connectivity index (χ0) is 17.9. The van der Waals surface area contributed by atoms with E-state index >= 15 is 0 Å². The molecular weight excluding hydrogens is 393 g/mol. The Bertz CT molecular complexity index is 710. The van der Waals surface area contributed by atoms with Crippen LogP contribution in [0.15, 0.2) is 53.0 Å². The Balaban J connectivity index is 2.06. The van der Waals surface area contributed by atoms with Crippen LogP contribution in [-0.4, -0.2) is 31.1 Å². The lowest BCUT2D eigenvalue weighted by Crippen LogP contribution is -2.33. The van der Waals surface area contributed by atoms with Crippen molar-refractivity contribution in [3.05, 3.63) is 69.7 Å². The maximum absolute atomic E-state index is 13.2. The normalized spacial score (nSPS) is 17.9. The van der Waals surface area contributed by atoms with Crippen LogP contribution < -0.4 is 5.32 Å². The summed E-state index contributed by atoms with van der Waals surface area (Å²) in [6.45, 7) is 3.40. The number of nitrogens with one attached hydrogen (secondary N) is 1. The minimum atomic E-state index is -4.34. The van der Waals surface area contributed by atoms with E-state index in [1.165, 1.54) is 12.1 Å². The number of hydrogen-bond acceptors (Lipinski definition) is 2. The fourth-order valence-corrected chi connectivity index (χ4v) is 3.80. The molecule has 0 aromatic heterocycles. The summed E-state index contributed by atoms with van der Waals surface area (Å²) in [5, 5.41) is 3.35. The molecule has 1 N–H and O–H groups in total. The first-order valence-electron chi connectivity index (χ1n) is 8.33. The van der Waals surface area contributed by atoms with Gasteiger partial charge in [-0.3, -0.25) is 4.90 Å². The molecule has 1 unspecified atom stereocenters. The van der Waals surface area contributed by atoms with Crippen LogP contribution in [0, 0.1) is 0 Å². The number of benzene rings is 2. The van der Waals surface area contributed by atoms with Gasteiger partial charge in [0.1, 0.15) is 0 Å². The van der Waals surface area contributed by atoms with Crippen molar-refractivity contribution in [1.29, 1.82) is 0 Å². The molecule has 2 aromatic carbocycles. The van der Waals surface area contributed by atoms with E-state index in [-0.39, 0.29) is 6.04 Å². The van der Waals surface area contributed by atoms with Crippen LogP contribution in [0.5, 0.6) is 0 Å². The van der Waals surface area contributed by atoms with E-state index in [0.29, 0.717) is 5.56 Å². The second-order valence-electron chi connectivity index (χ2n) is 6.19. The molecule has 2 nitrogen and oxygen atoms in total. The molecule has 0 amide bonds. The van der Waals surface area contributed by atoms with Crippen LogP contribution in [-0.2, 0) is 6.18 Å². The topological polar surface area (TPSA) is 15.3 Å². The molecule has 1 aliphatic heterocycles. The van der Waals surface area contributed by atoms with Crippen molar-refractivity contribution in [2.75, 3.05) is 26.2 Å². The van der Waals surface area contributed by atoms with Gasteiger partial charge in [0.2, 0.25) is 0 Å². The number of halogens is 4. The number of nitrogens with zero attached hydrogens (tertiary/aromatic N) is 1. The van der Waals surface area contributed by atoms with Gasteiger partial charge in [0.05, 0.1) is 11.6 Å². The van der Waals surface area contributed by atoms with Gasteiger partial charge in [0, 0.05) is 24.1 Å². The lowest BCUT2D eigenvalue weighted by Gasteiger charge is -2.32. The van der Waals surface area contributed by atoms with E-state index in [1.54, 1.807) is 6.07 Å². The molecule has 1 atom stereocenters. The van der Waals surface area contributed by atoms with Crippen LogP contribution >= 0.6 is 15.9 Å². The molecule has 25 heavy (non-hydrogen) atoms. The van der Waals surface area contributed by atoms with Gasteiger partial charge in [-0.05, 0) is 42.3 Å². The molecule has 0 spiro atoms. The molecule has 0 bridgehead atoms. The average molecular weight is 413 g/mol. The third-order valence-electron chi connectivity index (χ3n) is 4.47. The van der Waals surface area contributed by atoms with E-state index < -0.39 is 11.7 Å². The number of rotatable bonds is 3. The van der Waals surface area contributed by atoms with Crippen LogP contribution in [0.1, 0.15) is 29.2 Å². The summed E-state index contributed by atoms with van der Waals surface area (Å²) < 4.78 is 40.5. The summed E-state index contributed by atoms with van der Waals surface area (Å²) in [5.41, 5.74) is 1.06. The maximum Gasteiger partial charge on any atom is 0.416 e. The lowest BCUT2D eigenvalue weighted by molar-refractivity contribution is -0.137. The van der Waals surface area contributed by atoms with Crippen molar-refractivity contribution in [1.82, 2.24) is 10.2 Å². The van der Waals surface area contributed by atoms with E-state index in [1.807, 2.05) is 24.3 Å². The van der Waals surface area contributed by atoms with E-state index in [9.17, 15) is 13.2 Å². The standard InChI is InChI=1S/C19H20BrF3N2/c20-17-8-2-1-7-16(17)18(25-11-4-9-24-10-12-25)14-5-3-6-15(13-14)19(21,22)23/h1-3,5-8,13,18,24H,4,9-12H2. The first kappa shape index (κ1) is 18.4. The molecule has 0 saturated carbocycles. The van der Waals surface area contributed by atoms with Gasteiger partial charge in [-0.1, -0.05) is 46.3 Å². The first-order valence-corrected chi connectivity index (χ1v) is 9.12. The zero-order valence-electron chi connectivity index (χ0n) is 13.7. The Morgan fingerprint density at radius 2 is 1.80 bits per heavy atom. The molecule has 3 rings (SSSR count). The van der Waals surface area contributed by atoms with Gasteiger partial charge in [-0.2, -0.15) is 13.2 Å². The Kier molecular flexibility index (Phi) is 5.81. The largest absolute Gasteiger partial charge is 0.416 e. The molecule has 1 saturated heterocycles. The Hall–Kier alpha value is -1.37. The minimum Gasteiger partial charge on any atom is -0.315 e. The second kappa shape index (κ2) is 7.89. The SMILES string of the molecule is FC(F)(F)c1cccc(C(c2ccccc2Br)N2CCCNCC2)c1. The first-order chi connectivity index (χ1) is 12.0. The highest BCUT2D eigenvalue weighted by atomic mass is 79.9. The second-order valence-corrected chi connectivity index (χ2v) is 7.04. The summed E-state index contributed by atoms with van der Waals surface area (Å²) in [6, 6.07) is 13.2. The Morgan fingerprint density at radius 1 is 1.00 bits per heavy atom. The molecule has 6 heteroatoms. The van der Waals surface area contributed by atoms with Gasteiger partial charge in [-0.25, -0.2) is 0 Å². The monoisotopic (exact) mass is 412 g/mol. The molecule has 1 aliphatic rings. The predicted octanol–water partition coefficient (Wildman–Crippen LogP) is 4.85. The van der Waals surface area contributed by atoms with Crippen LogP contribution in [0.2, 0.25) is 0 Å². The Morgan fingerprint density at radius 3 is 2.56 bits per heavy atom. The van der Waals surface area contributed by atoms with Crippen LogP contribution in [0.3, 0.4) is 0 Å². The number of alkyl halides is 3. The van der Waals surface area contributed by atoms with E-state index in [2.05, 4.69) is 26.1 Å². The van der Waals surface area contributed by atoms with Crippen molar-refractivity contribution in [3.8, 4) is 0 Å². The summed E-state index contributed by atoms with van der Waals surface area (Å²) in [5.74, 6) is 0. The highest BCUT2D eigenvalue weighted by Crippen LogP contribution is 2.37. The van der Waals surface area contributed by atoms with Gasteiger partial charge >= 0.3 is 6.18 Å². The van der Waals surface area contributed by atoms with Gasteiger partial charge in [0.15, 0.2) is 0 Å². The molecule has 0 aliphatic carbocycles. The fraction of sp³-hybridized carbons (Fsp3) is 0.368. The lowest BCUT2D eigenvalue weighted by atomic mass is 9.95. The van der Waals surface area contributed by atoms with E-state index in [4.69, 9.17) is 0 Å². The predicted molar refractivity (Wildman–Crippen MR) is 96.5 cm³/mol. The van der Waals surface area contributed by atoms with Gasteiger partial charge in [-0.15, -0.1) is 0 Å². The van der Waals surface area contributed by atoms with Crippen LogP contribution in [0.4, 0.5) is 13.2 Å². The Labute approximate surface area is 154 Å². The van der Waals surface area contributed by atoms with Crippen molar-refractivity contribution in [2.24, 2.45) is 0 Å². The van der Waals surface area contributed by atoms with Crippen LogP contribution in [0.25, 0.3) is 0 Å². The van der Waals surface area contributed by atoms with Crippen molar-refractivity contribution >= 4 is 15.9 Å². The molecular formula is C19H20BrF3N2. The van der Waals surface area contributed by atoms with Crippen molar-refractivity contribution < 1.29 is 13.2 Å². The summed E-state index contributed by atoms with van der Waals surface area (Å²) in [7, 11) is 0. The zero-order valence-corrected chi connectivity index (χ0v) is 15.3. The number of hydrogen-bond donors (Lipinski definition) is 1.